The summed E-state index contributed by atoms with van der Waals surface area (Å²) >= 11 is 0. The molecule has 2 aromatic carbocycles. The molecular weight excluding hydrogens is 354 g/mol. The lowest BCUT2D eigenvalue weighted by Gasteiger charge is -2.31. The van der Waals surface area contributed by atoms with E-state index in [1.54, 1.807) is 0 Å². The van der Waals surface area contributed by atoms with E-state index in [-0.39, 0.29) is 5.91 Å². The quantitative estimate of drug-likeness (QED) is 0.792. The van der Waals surface area contributed by atoms with E-state index in [4.69, 9.17) is 14.2 Å². The van der Waals surface area contributed by atoms with E-state index in [1.807, 2.05) is 55.2 Å². The molecule has 146 valence electrons. The molecule has 2 aliphatic heterocycles. The van der Waals surface area contributed by atoms with E-state index in [9.17, 15) is 4.79 Å². The Kier molecular flexibility index (Phi) is 5.24. The molecule has 1 amide bonds. The third-order valence-corrected chi connectivity index (χ3v) is 5.07. The van der Waals surface area contributed by atoms with Crippen LogP contribution in [0.3, 0.4) is 0 Å². The number of benzene rings is 2. The minimum atomic E-state index is 0.0343. The number of hydrogen-bond acceptors (Lipinski definition) is 4. The molecule has 28 heavy (non-hydrogen) atoms. The van der Waals surface area contributed by atoms with Crippen molar-refractivity contribution >= 4 is 12.0 Å². The second kappa shape index (κ2) is 7.97. The van der Waals surface area contributed by atoms with Crippen molar-refractivity contribution in [3.63, 3.8) is 0 Å². The average molecular weight is 379 g/mol. The van der Waals surface area contributed by atoms with Crippen LogP contribution >= 0.6 is 0 Å². The molecular formula is C23H25NO4. The van der Waals surface area contributed by atoms with Gasteiger partial charge in [-0.25, -0.2) is 0 Å². The molecule has 0 aromatic heterocycles. The van der Waals surface area contributed by atoms with E-state index in [0.717, 1.165) is 34.8 Å². The van der Waals surface area contributed by atoms with Crippen LogP contribution in [0, 0.1) is 0 Å². The topological polar surface area (TPSA) is 48.0 Å². The van der Waals surface area contributed by atoms with Gasteiger partial charge in [-0.2, -0.15) is 0 Å². The van der Waals surface area contributed by atoms with Crippen LogP contribution in [-0.4, -0.2) is 37.2 Å². The number of hydrogen-bond donors (Lipinski definition) is 0. The third kappa shape index (κ3) is 3.57. The van der Waals surface area contributed by atoms with Crippen molar-refractivity contribution in [1.29, 1.82) is 0 Å². The lowest BCUT2D eigenvalue weighted by Crippen LogP contribution is -2.38. The first-order valence-corrected chi connectivity index (χ1v) is 9.82. The van der Waals surface area contributed by atoms with Crippen molar-refractivity contribution in [2.45, 2.75) is 26.8 Å². The molecule has 4 rings (SSSR count). The van der Waals surface area contributed by atoms with Gasteiger partial charge in [0.25, 0.3) is 5.91 Å². The Morgan fingerprint density at radius 2 is 1.79 bits per heavy atom. The first-order chi connectivity index (χ1) is 13.7. The van der Waals surface area contributed by atoms with Crippen LogP contribution in [0.4, 0.5) is 0 Å². The molecule has 0 saturated heterocycles. The summed E-state index contributed by atoms with van der Waals surface area (Å²) < 4.78 is 17.2. The zero-order chi connectivity index (χ0) is 19.5. The van der Waals surface area contributed by atoms with Gasteiger partial charge in [-0.3, -0.25) is 4.79 Å². The van der Waals surface area contributed by atoms with Crippen LogP contribution in [-0.2, 0) is 17.8 Å². The number of fused-ring (bicyclic) bond motifs is 2. The van der Waals surface area contributed by atoms with E-state index >= 15 is 0 Å². The zero-order valence-electron chi connectivity index (χ0n) is 16.4. The fourth-order valence-electron chi connectivity index (χ4n) is 3.72. The molecule has 0 fully saturated rings. The first-order valence-electron chi connectivity index (χ1n) is 9.82. The van der Waals surface area contributed by atoms with Crippen LogP contribution in [0.5, 0.6) is 17.2 Å². The van der Waals surface area contributed by atoms with Crippen molar-refractivity contribution in [3.8, 4) is 17.2 Å². The highest BCUT2D eigenvalue weighted by Gasteiger charge is 2.26. The van der Waals surface area contributed by atoms with E-state index in [0.29, 0.717) is 38.5 Å². The molecule has 2 aromatic rings. The van der Waals surface area contributed by atoms with Crippen LogP contribution in [0.1, 0.15) is 30.5 Å². The third-order valence-electron chi connectivity index (χ3n) is 5.07. The Morgan fingerprint density at radius 3 is 2.54 bits per heavy atom. The molecule has 5 nitrogen and oxygen atoms in total. The summed E-state index contributed by atoms with van der Waals surface area (Å²) in [5, 5.41) is 0. The van der Waals surface area contributed by atoms with E-state index < -0.39 is 0 Å². The fraction of sp³-hybridized carbons (Fsp3) is 0.348. The van der Waals surface area contributed by atoms with Crippen molar-refractivity contribution in [2.24, 2.45) is 0 Å². The molecule has 0 atom stereocenters. The minimum absolute atomic E-state index is 0.0343. The second-order valence-corrected chi connectivity index (χ2v) is 6.91. The zero-order valence-corrected chi connectivity index (χ0v) is 16.4. The first kappa shape index (κ1) is 18.4. The summed E-state index contributed by atoms with van der Waals surface area (Å²) in [5.74, 6) is 2.38. The molecule has 0 aliphatic carbocycles. The van der Waals surface area contributed by atoms with Gasteiger partial charge in [0, 0.05) is 18.7 Å². The number of ether oxygens (including phenoxy) is 3. The molecule has 0 N–H and O–H groups in total. The Bertz CT molecular complexity index is 919. The Balaban J connectivity index is 1.56. The molecule has 0 radical (unpaired) electrons. The highest BCUT2D eigenvalue weighted by Crippen LogP contribution is 2.34. The summed E-state index contributed by atoms with van der Waals surface area (Å²) in [7, 11) is 0. The molecule has 5 heteroatoms. The van der Waals surface area contributed by atoms with Gasteiger partial charge in [-0.05, 0) is 55.7 Å². The van der Waals surface area contributed by atoms with Gasteiger partial charge in [0.05, 0.1) is 18.8 Å². The maximum Gasteiger partial charge on any atom is 0.253 e. The number of carbonyl (C=O) groups excluding carboxylic acids is 1. The van der Waals surface area contributed by atoms with Crippen molar-refractivity contribution in [3.05, 3.63) is 58.7 Å². The number of carbonyl (C=O) groups is 1. The predicted molar refractivity (Wildman–Crippen MR) is 108 cm³/mol. The normalized spacial score (nSPS) is 15.1. The number of amides is 1. The predicted octanol–water partition coefficient (Wildman–Crippen LogP) is 3.84. The van der Waals surface area contributed by atoms with Crippen molar-refractivity contribution in [1.82, 2.24) is 4.90 Å². The Labute approximate surface area is 165 Å². The Hall–Kier alpha value is -2.95. The average Bonchev–Trinajstić information content (AvgIpc) is 2.73. The van der Waals surface area contributed by atoms with Gasteiger partial charge in [0.2, 0.25) is 0 Å². The summed E-state index contributed by atoms with van der Waals surface area (Å²) in [6, 6.07) is 11.9. The molecule has 2 aliphatic rings. The van der Waals surface area contributed by atoms with Crippen LogP contribution in [0.25, 0.3) is 6.08 Å². The second-order valence-electron chi connectivity index (χ2n) is 6.91. The van der Waals surface area contributed by atoms with E-state index in [1.165, 1.54) is 5.56 Å². The van der Waals surface area contributed by atoms with Gasteiger partial charge < -0.3 is 19.1 Å². The largest absolute Gasteiger partial charge is 0.490 e. The van der Waals surface area contributed by atoms with Crippen molar-refractivity contribution < 1.29 is 19.0 Å². The van der Waals surface area contributed by atoms with Crippen LogP contribution < -0.4 is 14.2 Å². The maximum absolute atomic E-state index is 13.1. The number of nitrogens with zero attached hydrogens (tertiary/aromatic N) is 1. The van der Waals surface area contributed by atoms with Gasteiger partial charge in [0.1, 0.15) is 12.4 Å². The van der Waals surface area contributed by atoms with Gasteiger partial charge in [-0.15, -0.1) is 0 Å². The standard InChI is InChI=1S/C23H25NO4/c1-3-26-21-12-16-9-10-24(14-18(16)13-22(21)27-4-2)23(25)19-11-17-7-5-6-8-20(17)28-15-19/h5-8,11-13H,3-4,9-10,14-15H2,1-2H3. The summed E-state index contributed by atoms with van der Waals surface area (Å²) in [6.07, 6.45) is 2.75. The summed E-state index contributed by atoms with van der Waals surface area (Å²) in [4.78, 5) is 15.0. The molecule has 0 spiro atoms. The molecule has 2 heterocycles. The van der Waals surface area contributed by atoms with Crippen LogP contribution in [0.15, 0.2) is 42.0 Å². The highest BCUT2D eigenvalue weighted by molar-refractivity contribution is 5.99. The summed E-state index contributed by atoms with van der Waals surface area (Å²) in [5.41, 5.74) is 3.98. The maximum atomic E-state index is 13.1. The van der Waals surface area contributed by atoms with Gasteiger partial charge in [0.15, 0.2) is 11.5 Å². The lowest BCUT2D eigenvalue weighted by molar-refractivity contribution is -0.128. The van der Waals surface area contributed by atoms with E-state index in [2.05, 4.69) is 6.07 Å². The minimum Gasteiger partial charge on any atom is -0.490 e. The number of para-hydroxylation sites is 1. The van der Waals surface area contributed by atoms with Crippen LogP contribution in [0.2, 0.25) is 0 Å². The smallest absolute Gasteiger partial charge is 0.253 e. The van der Waals surface area contributed by atoms with Gasteiger partial charge in [-0.1, -0.05) is 18.2 Å². The summed E-state index contributed by atoms with van der Waals surface area (Å²) in [6.45, 7) is 6.66. The highest BCUT2D eigenvalue weighted by atomic mass is 16.5. The molecule has 0 bridgehead atoms. The van der Waals surface area contributed by atoms with Crippen molar-refractivity contribution in [2.75, 3.05) is 26.4 Å². The van der Waals surface area contributed by atoms with Gasteiger partial charge >= 0.3 is 0 Å². The monoisotopic (exact) mass is 379 g/mol. The fourth-order valence-corrected chi connectivity index (χ4v) is 3.72. The SMILES string of the molecule is CCOc1cc2c(cc1OCC)CN(C(=O)C1=Cc3ccccc3OC1)CC2. The Morgan fingerprint density at radius 1 is 1.07 bits per heavy atom. The molecule has 0 unspecified atom stereocenters. The molecule has 0 saturated carbocycles. The lowest BCUT2D eigenvalue weighted by atomic mass is 9.97. The number of rotatable bonds is 5.